The number of carbonyl (C=O) groups is 4. The predicted molar refractivity (Wildman–Crippen MR) is 173 cm³/mol. The molecule has 0 aliphatic carbocycles. The van der Waals surface area contributed by atoms with Crippen LogP contribution in [0.4, 0.5) is 0 Å². The molecule has 8 nitrogen and oxygen atoms in total. The van der Waals surface area contributed by atoms with E-state index in [0.29, 0.717) is 40.2 Å². The van der Waals surface area contributed by atoms with Crippen molar-refractivity contribution in [3.63, 3.8) is 0 Å². The molecule has 4 aromatic carbocycles. The van der Waals surface area contributed by atoms with Crippen LogP contribution in [-0.4, -0.2) is 54.3 Å². The van der Waals surface area contributed by atoms with E-state index in [4.69, 9.17) is 18.9 Å². The second-order valence-electron chi connectivity index (χ2n) is 11.8. The average Bonchev–Trinajstić information content (AvgIpc) is 3.06. The highest BCUT2D eigenvalue weighted by Crippen LogP contribution is 2.21. The van der Waals surface area contributed by atoms with Crippen LogP contribution in [0, 0.1) is 0 Å². The molecule has 0 spiro atoms. The molecule has 0 N–H and O–H groups in total. The number of benzene rings is 4. The number of carbonyl (C=O) groups excluding carboxylic acids is 4. The summed E-state index contributed by atoms with van der Waals surface area (Å²) in [6, 6.07) is 31.1. The highest BCUT2D eigenvalue weighted by atomic mass is 16.6. The van der Waals surface area contributed by atoms with E-state index in [9.17, 15) is 19.2 Å². The van der Waals surface area contributed by atoms with Gasteiger partial charge in [0.2, 0.25) is 5.78 Å². The summed E-state index contributed by atoms with van der Waals surface area (Å²) in [4.78, 5) is 50.5. The zero-order valence-electron chi connectivity index (χ0n) is 26.5. The Hall–Kier alpha value is -5.08. The van der Waals surface area contributed by atoms with Crippen LogP contribution in [0.1, 0.15) is 66.0 Å². The predicted octanol–water partition coefficient (Wildman–Crippen LogP) is 6.68. The number of esters is 1. The van der Waals surface area contributed by atoms with E-state index >= 15 is 0 Å². The average molecular weight is 623 g/mol. The molecule has 0 saturated carbocycles. The van der Waals surface area contributed by atoms with Crippen LogP contribution in [0.3, 0.4) is 0 Å². The third-order valence-electron chi connectivity index (χ3n) is 7.26. The number of ether oxygens (including phenoxy) is 4. The van der Waals surface area contributed by atoms with Gasteiger partial charge in [-0.25, -0.2) is 4.79 Å². The number of Topliss-reactive ketones (excluding diaryl/α,β-unsaturated/α-hetero) is 1. The van der Waals surface area contributed by atoms with Gasteiger partial charge in [0.05, 0.1) is 6.61 Å². The summed E-state index contributed by atoms with van der Waals surface area (Å²) >= 11 is 0. The number of rotatable bonds is 16. The van der Waals surface area contributed by atoms with Gasteiger partial charge in [0, 0.05) is 28.7 Å². The van der Waals surface area contributed by atoms with Crippen LogP contribution in [0.25, 0.3) is 0 Å². The molecule has 0 radical (unpaired) electrons. The van der Waals surface area contributed by atoms with Crippen molar-refractivity contribution < 1.29 is 38.1 Å². The zero-order valence-corrected chi connectivity index (χ0v) is 26.5. The summed E-state index contributed by atoms with van der Waals surface area (Å²) in [5.41, 5.74) is 0.209. The van der Waals surface area contributed by atoms with Gasteiger partial charge in [-0.15, -0.1) is 0 Å². The third kappa shape index (κ3) is 9.71. The van der Waals surface area contributed by atoms with Gasteiger partial charge in [-0.2, -0.15) is 0 Å². The Morgan fingerprint density at radius 3 is 1.41 bits per heavy atom. The van der Waals surface area contributed by atoms with Crippen molar-refractivity contribution in [2.75, 3.05) is 19.8 Å². The lowest BCUT2D eigenvalue weighted by Gasteiger charge is -2.28. The van der Waals surface area contributed by atoms with E-state index in [0.717, 1.165) is 0 Å². The SMILES string of the molecule is CC(C)(CCOC(C)(C)C(=O)COc1ccc(C(=O)c2ccccc2)cc1)OC(=O)COc1ccc(C(=O)c2ccccc2)cc1. The lowest BCUT2D eigenvalue weighted by molar-refractivity contribution is -0.163. The van der Waals surface area contributed by atoms with Crippen LogP contribution < -0.4 is 9.47 Å². The van der Waals surface area contributed by atoms with Gasteiger partial charge < -0.3 is 18.9 Å². The van der Waals surface area contributed by atoms with Gasteiger partial charge in [0.15, 0.2) is 18.2 Å². The first-order valence-corrected chi connectivity index (χ1v) is 15.0. The standard InChI is InChI=1S/C38H38O8/c1-37(2,46-34(40)26-44-32-21-17-30(18-22-32)36(42)28-13-9-6-10-14-28)23-24-45-38(3,4)33(39)25-43-31-19-15-29(16-20-31)35(41)27-11-7-5-8-12-27/h5-22H,23-26H2,1-4H3. The van der Waals surface area contributed by atoms with Crippen LogP contribution >= 0.6 is 0 Å². The molecule has 4 rings (SSSR count). The van der Waals surface area contributed by atoms with Gasteiger partial charge in [-0.1, -0.05) is 60.7 Å². The maximum Gasteiger partial charge on any atom is 0.344 e. The molecule has 0 aromatic heterocycles. The first-order chi connectivity index (χ1) is 21.9. The van der Waals surface area contributed by atoms with Gasteiger partial charge in [-0.05, 0) is 76.2 Å². The van der Waals surface area contributed by atoms with Crippen LogP contribution in [0.15, 0.2) is 109 Å². The molecule has 0 unspecified atom stereocenters. The van der Waals surface area contributed by atoms with Crippen molar-refractivity contribution in [1.29, 1.82) is 0 Å². The lowest BCUT2D eigenvalue weighted by Crippen LogP contribution is -2.40. The fourth-order valence-corrected chi connectivity index (χ4v) is 4.40. The quantitative estimate of drug-likeness (QED) is 0.101. The largest absolute Gasteiger partial charge is 0.486 e. The van der Waals surface area contributed by atoms with Crippen LogP contribution in [0.2, 0.25) is 0 Å². The fourth-order valence-electron chi connectivity index (χ4n) is 4.40. The minimum absolute atomic E-state index is 0.0953. The van der Waals surface area contributed by atoms with E-state index in [1.54, 1.807) is 113 Å². The molecule has 8 heteroatoms. The Bertz CT molecular complexity index is 1620. The summed E-state index contributed by atoms with van der Waals surface area (Å²) in [6.45, 7) is 6.46. The zero-order chi connectivity index (χ0) is 33.2. The van der Waals surface area contributed by atoms with Gasteiger partial charge in [0.25, 0.3) is 0 Å². The van der Waals surface area contributed by atoms with Gasteiger partial charge >= 0.3 is 5.97 Å². The molecule has 0 amide bonds. The second kappa shape index (κ2) is 15.3. The second-order valence-corrected chi connectivity index (χ2v) is 11.8. The highest BCUT2D eigenvalue weighted by molar-refractivity contribution is 6.09. The molecule has 0 atom stereocenters. The molecule has 0 saturated heterocycles. The fraction of sp³-hybridized carbons (Fsp3) is 0.263. The van der Waals surface area contributed by atoms with E-state index in [1.165, 1.54) is 0 Å². The maximum absolute atomic E-state index is 12.9. The van der Waals surface area contributed by atoms with Crippen molar-refractivity contribution in [1.82, 2.24) is 0 Å². The third-order valence-corrected chi connectivity index (χ3v) is 7.26. The van der Waals surface area contributed by atoms with Crippen molar-refractivity contribution >= 4 is 23.3 Å². The number of hydrogen-bond acceptors (Lipinski definition) is 8. The molecular formula is C38H38O8. The summed E-state index contributed by atoms with van der Waals surface area (Å²) in [6.07, 6.45) is 0.337. The molecule has 46 heavy (non-hydrogen) atoms. The molecule has 238 valence electrons. The molecule has 4 aromatic rings. The number of ketones is 3. The summed E-state index contributed by atoms with van der Waals surface area (Å²) < 4.78 is 22.7. The first-order valence-electron chi connectivity index (χ1n) is 15.0. The maximum atomic E-state index is 12.9. The van der Waals surface area contributed by atoms with E-state index in [2.05, 4.69) is 0 Å². The van der Waals surface area contributed by atoms with E-state index < -0.39 is 17.2 Å². The van der Waals surface area contributed by atoms with E-state index in [-0.39, 0.29) is 37.2 Å². The molecule has 0 fully saturated rings. The Morgan fingerprint density at radius 1 is 0.543 bits per heavy atom. The Balaban J connectivity index is 1.17. The summed E-state index contributed by atoms with van der Waals surface area (Å²) in [7, 11) is 0. The van der Waals surface area contributed by atoms with Crippen molar-refractivity contribution in [3.8, 4) is 11.5 Å². The first kappa shape index (κ1) is 33.8. The Labute approximate surface area is 269 Å². The molecule has 0 aliphatic rings. The van der Waals surface area contributed by atoms with E-state index in [1.807, 2.05) is 24.3 Å². The minimum Gasteiger partial charge on any atom is -0.486 e. The lowest BCUT2D eigenvalue weighted by atomic mass is 10.0. The molecule has 0 bridgehead atoms. The summed E-state index contributed by atoms with van der Waals surface area (Å²) in [5, 5.41) is 0. The van der Waals surface area contributed by atoms with Crippen molar-refractivity contribution in [3.05, 3.63) is 131 Å². The highest BCUT2D eigenvalue weighted by Gasteiger charge is 2.31. The van der Waals surface area contributed by atoms with Crippen molar-refractivity contribution in [2.45, 2.75) is 45.3 Å². The smallest absolute Gasteiger partial charge is 0.344 e. The Kier molecular flexibility index (Phi) is 11.2. The number of hydrogen-bond donors (Lipinski definition) is 0. The van der Waals surface area contributed by atoms with Crippen LogP contribution in [-0.2, 0) is 19.1 Å². The summed E-state index contributed by atoms with van der Waals surface area (Å²) in [5.74, 6) is -0.132. The van der Waals surface area contributed by atoms with Crippen molar-refractivity contribution in [2.24, 2.45) is 0 Å². The van der Waals surface area contributed by atoms with Gasteiger partial charge in [-0.3, -0.25) is 14.4 Å². The normalized spacial score (nSPS) is 11.4. The van der Waals surface area contributed by atoms with Gasteiger partial charge in [0.1, 0.15) is 29.3 Å². The monoisotopic (exact) mass is 622 g/mol. The molecule has 0 aliphatic heterocycles. The topological polar surface area (TPSA) is 105 Å². The molecular weight excluding hydrogens is 584 g/mol. The minimum atomic E-state index is -1.14. The molecule has 0 heterocycles. The van der Waals surface area contributed by atoms with Crippen LogP contribution in [0.5, 0.6) is 11.5 Å². The Morgan fingerprint density at radius 2 is 0.957 bits per heavy atom.